The smallest absolute Gasteiger partial charge is 0.273 e. The summed E-state index contributed by atoms with van der Waals surface area (Å²) in [5, 5.41) is 7.55. The lowest BCUT2D eigenvalue weighted by atomic mass is 9.99. The fourth-order valence-electron chi connectivity index (χ4n) is 4.67. The van der Waals surface area contributed by atoms with E-state index in [4.69, 9.17) is 0 Å². The highest BCUT2D eigenvalue weighted by Gasteiger charge is 2.31. The molecule has 7 nitrogen and oxygen atoms in total. The van der Waals surface area contributed by atoms with E-state index in [2.05, 4.69) is 20.4 Å². The summed E-state index contributed by atoms with van der Waals surface area (Å²) < 4.78 is 42.3. The summed E-state index contributed by atoms with van der Waals surface area (Å²) in [6.07, 6.45) is 4.26. The number of carbonyl (C=O) groups excluding carboxylic acids is 1. The quantitative estimate of drug-likeness (QED) is 0.429. The first kappa shape index (κ1) is 23.8. The fourth-order valence-corrected chi connectivity index (χ4v) is 4.67. The molecule has 2 aromatic heterocycles. The van der Waals surface area contributed by atoms with Gasteiger partial charge in [0.05, 0.1) is 22.9 Å². The Bertz CT molecular complexity index is 1440. The highest BCUT2D eigenvalue weighted by atomic mass is 19.2. The van der Waals surface area contributed by atoms with E-state index >= 15 is 0 Å². The second-order valence-corrected chi connectivity index (χ2v) is 8.98. The Balaban J connectivity index is 1.39. The molecule has 5 rings (SSSR count). The maximum Gasteiger partial charge on any atom is 0.273 e. The number of amides is 1. The number of aromatic nitrogens is 4. The van der Waals surface area contributed by atoms with E-state index in [9.17, 15) is 18.0 Å². The second-order valence-electron chi connectivity index (χ2n) is 8.98. The van der Waals surface area contributed by atoms with Gasteiger partial charge in [0, 0.05) is 43.9 Å². The molecular weight excluding hydrogens is 469 g/mol. The molecule has 1 aliphatic rings. The van der Waals surface area contributed by atoms with Crippen molar-refractivity contribution in [3.63, 3.8) is 0 Å². The van der Waals surface area contributed by atoms with Crippen molar-refractivity contribution in [2.24, 2.45) is 7.05 Å². The molecule has 186 valence electrons. The van der Waals surface area contributed by atoms with Crippen molar-refractivity contribution in [2.45, 2.75) is 32.2 Å². The van der Waals surface area contributed by atoms with Crippen LogP contribution in [0.3, 0.4) is 0 Å². The van der Waals surface area contributed by atoms with Crippen molar-refractivity contribution in [3.05, 3.63) is 71.4 Å². The summed E-state index contributed by atoms with van der Waals surface area (Å²) in [6, 6.07) is 7.92. The number of hydrogen-bond donors (Lipinski definition) is 1. The molecule has 0 bridgehead atoms. The zero-order chi connectivity index (χ0) is 25.4. The van der Waals surface area contributed by atoms with Crippen molar-refractivity contribution in [2.75, 3.05) is 18.4 Å². The van der Waals surface area contributed by atoms with Crippen molar-refractivity contribution in [3.8, 4) is 11.1 Å². The minimum Gasteiger partial charge on any atom is -0.366 e. The number of fused-ring (bicyclic) bond motifs is 1. The van der Waals surface area contributed by atoms with E-state index in [1.54, 1.807) is 37.0 Å². The molecule has 1 saturated heterocycles. The van der Waals surface area contributed by atoms with Gasteiger partial charge in [-0.05, 0) is 43.9 Å². The average Bonchev–Trinajstić information content (AvgIpc) is 3.25. The summed E-state index contributed by atoms with van der Waals surface area (Å²) >= 11 is 0. The lowest BCUT2D eigenvalue weighted by Crippen LogP contribution is -2.47. The molecule has 0 saturated carbocycles. The molecular formula is C26H25F3N6O. The Kier molecular flexibility index (Phi) is 6.34. The summed E-state index contributed by atoms with van der Waals surface area (Å²) in [5.41, 5.74) is 2.86. The van der Waals surface area contributed by atoms with Crippen LogP contribution in [-0.4, -0.2) is 49.7 Å². The molecule has 1 N–H and O–H groups in total. The van der Waals surface area contributed by atoms with Crippen molar-refractivity contribution in [1.29, 1.82) is 0 Å². The number of carbonyl (C=O) groups is 1. The number of aryl methyl sites for hydroxylation is 2. The predicted molar refractivity (Wildman–Crippen MR) is 130 cm³/mol. The monoisotopic (exact) mass is 494 g/mol. The SMILES string of the molecule is Cc1nc2cc(F)c(F)cc2nc1NC[C@@H]1CCCCN1C(=O)c1c(-c2ccc(F)cc2)cnn1C. The first-order valence-electron chi connectivity index (χ1n) is 11.8. The molecule has 1 aliphatic heterocycles. The van der Waals surface area contributed by atoms with Crippen LogP contribution in [-0.2, 0) is 7.05 Å². The van der Waals surface area contributed by atoms with E-state index < -0.39 is 11.6 Å². The van der Waals surface area contributed by atoms with Gasteiger partial charge in [-0.15, -0.1) is 0 Å². The van der Waals surface area contributed by atoms with Gasteiger partial charge in [-0.2, -0.15) is 5.10 Å². The number of rotatable bonds is 5. The van der Waals surface area contributed by atoms with Crippen LogP contribution in [0.4, 0.5) is 19.0 Å². The van der Waals surface area contributed by atoms with Gasteiger partial charge >= 0.3 is 0 Å². The number of halogens is 3. The minimum atomic E-state index is -0.983. The van der Waals surface area contributed by atoms with Crippen molar-refractivity contribution < 1.29 is 18.0 Å². The van der Waals surface area contributed by atoms with Gasteiger partial charge in [-0.1, -0.05) is 12.1 Å². The summed E-state index contributed by atoms with van der Waals surface area (Å²) in [6.45, 7) is 2.75. The van der Waals surface area contributed by atoms with E-state index in [-0.39, 0.29) is 28.8 Å². The van der Waals surface area contributed by atoms with E-state index in [1.165, 1.54) is 12.1 Å². The first-order valence-corrected chi connectivity index (χ1v) is 11.8. The predicted octanol–water partition coefficient (Wildman–Crippen LogP) is 4.86. The lowest BCUT2D eigenvalue weighted by Gasteiger charge is -2.36. The highest BCUT2D eigenvalue weighted by Crippen LogP contribution is 2.28. The summed E-state index contributed by atoms with van der Waals surface area (Å²) in [4.78, 5) is 24.3. The Hall–Kier alpha value is -3.95. The molecule has 10 heteroatoms. The Morgan fingerprint density at radius 3 is 2.47 bits per heavy atom. The van der Waals surface area contributed by atoms with Gasteiger partial charge in [0.1, 0.15) is 17.3 Å². The van der Waals surface area contributed by atoms with Gasteiger partial charge in [-0.25, -0.2) is 23.1 Å². The van der Waals surface area contributed by atoms with Crippen LogP contribution in [0.25, 0.3) is 22.2 Å². The van der Waals surface area contributed by atoms with Gasteiger partial charge in [-0.3, -0.25) is 9.48 Å². The minimum absolute atomic E-state index is 0.121. The van der Waals surface area contributed by atoms with Crippen LogP contribution >= 0.6 is 0 Å². The Labute approximate surface area is 206 Å². The van der Waals surface area contributed by atoms with Crippen molar-refractivity contribution >= 4 is 22.8 Å². The maximum atomic E-state index is 13.7. The Morgan fingerprint density at radius 1 is 1.06 bits per heavy atom. The molecule has 36 heavy (non-hydrogen) atoms. The van der Waals surface area contributed by atoms with Gasteiger partial charge in [0.2, 0.25) is 0 Å². The molecule has 0 spiro atoms. The van der Waals surface area contributed by atoms with Crippen LogP contribution in [0, 0.1) is 24.4 Å². The normalized spacial score (nSPS) is 15.9. The zero-order valence-electron chi connectivity index (χ0n) is 19.9. The fraction of sp³-hybridized carbons (Fsp3) is 0.308. The number of hydrogen-bond acceptors (Lipinski definition) is 5. The number of benzene rings is 2. The molecule has 4 aromatic rings. The molecule has 1 atom stereocenters. The zero-order valence-corrected chi connectivity index (χ0v) is 19.9. The van der Waals surface area contributed by atoms with Gasteiger partial charge in [0.15, 0.2) is 11.6 Å². The lowest BCUT2D eigenvalue weighted by molar-refractivity contribution is 0.0617. The molecule has 1 fully saturated rings. The standard InChI is InChI=1S/C26H25F3N6O/c1-15-25(33-23-12-21(29)20(28)11-22(23)32-15)30-13-18-5-3-4-10-35(18)26(36)24-19(14-31-34(24)2)16-6-8-17(27)9-7-16/h6-9,11-12,14,18H,3-5,10,13H2,1-2H3,(H,30,33)/t18-/m0/s1. The molecule has 2 aromatic carbocycles. The Morgan fingerprint density at radius 2 is 1.75 bits per heavy atom. The highest BCUT2D eigenvalue weighted by molar-refractivity contribution is 5.99. The summed E-state index contributed by atoms with van der Waals surface area (Å²) in [7, 11) is 1.72. The van der Waals surface area contributed by atoms with Crippen LogP contribution in [0.5, 0.6) is 0 Å². The topological polar surface area (TPSA) is 75.9 Å². The van der Waals surface area contributed by atoms with Crippen LogP contribution in [0.15, 0.2) is 42.6 Å². The average molecular weight is 495 g/mol. The third kappa shape index (κ3) is 4.50. The molecule has 0 radical (unpaired) electrons. The number of likely N-dealkylation sites (tertiary alicyclic amines) is 1. The molecule has 0 aliphatic carbocycles. The molecule has 0 unspecified atom stereocenters. The largest absolute Gasteiger partial charge is 0.366 e. The summed E-state index contributed by atoms with van der Waals surface area (Å²) in [5.74, 6) is -2.00. The van der Waals surface area contributed by atoms with Gasteiger partial charge < -0.3 is 10.2 Å². The number of nitrogens with zero attached hydrogens (tertiary/aromatic N) is 5. The van der Waals surface area contributed by atoms with E-state index in [0.29, 0.717) is 41.4 Å². The van der Waals surface area contributed by atoms with Crippen LogP contribution < -0.4 is 5.32 Å². The van der Waals surface area contributed by atoms with Crippen LogP contribution in [0.1, 0.15) is 35.4 Å². The second kappa shape index (κ2) is 9.60. The number of piperidine rings is 1. The number of anilines is 1. The first-order chi connectivity index (χ1) is 17.3. The molecule has 3 heterocycles. The third-order valence-electron chi connectivity index (χ3n) is 6.57. The van der Waals surface area contributed by atoms with Crippen molar-refractivity contribution in [1.82, 2.24) is 24.6 Å². The van der Waals surface area contributed by atoms with Gasteiger partial charge in [0.25, 0.3) is 5.91 Å². The third-order valence-corrected chi connectivity index (χ3v) is 6.57. The molecule has 1 amide bonds. The van der Waals surface area contributed by atoms with E-state index in [0.717, 1.165) is 31.4 Å². The van der Waals surface area contributed by atoms with E-state index in [1.807, 2.05) is 4.90 Å². The number of nitrogens with one attached hydrogen (secondary N) is 1. The van der Waals surface area contributed by atoms with Crippen LogP contribution in [0.2, 0.25) is 0 Å². The maximum absolute atomic E-state index is 13.7.